The van der Waals surface area contributed by atoms with Crippen molar-refractivity contribution in [2.75, 3.05) is 20.7 Å². The van der Waals surface area contributed by atoms with E-state index in [0.29, 0.717) is 12.3 Å². The molecule has 0 N–H and O–H groups in total. The molecule has 0 bridgehead atoms. The maximum atomic E-state index is 11.4. The van der Waals surface area contributed by atoms with Crippen LogP contribution in [0, 0.1) is 0 Å². The van der Waals surface area contributed by atoms with Gasteiger partial charge < -0.3 is 9.64 Å². The SMILES string of the molecule is COc1ccc(C2CC(=O)N(C)C2)cc1. The quantitative estimate of drug-likeness (QED) is 0.734. The van der Waals surface area contributed by atoms with Gasteiger partial charge in [0, 0.05) is 25.9 Å². The minimum atomic E-state index is 0.232. The molecule has 1 aromatic rings. The molecule has 15 heavy (non-hydrogen) atoms. The molecule has 0 spiro atoms. The van der Waals surface area contributed by atoms with Crippen LogP contribution in [0.3, 0.4) is 0 Å². The summed E-state index contributed by atoms with van der Waals surface area (Å²) in [7, 11) is 3.51. The van der Waals surface area contributed by atoms with E-state index in [1.54, 1.807) is 12.0 Å². The molecule has 0 radical (unpaired) electrons. The van der Waals surface area contributed by atoms with Gasteiger partial charge in [-0.1, -0.05) is 12.1 Å². The van der Waals surface area contributed by atoms with Crippen molar-refractivity contribution in [3.05, 3.63) is 29.8 Å². The van der Waals surface area contributed by atoms with Crippen molar-refractivity contribution in [2.24, 2.45) is 0 Å². The van der Waals surface area contributed by atoms with Crippen molar-refractivity contribution >= 4 is 5.91 Å². The highest BCUT2D eigenvalue weighted by Crippen LogP contribution is 2.28. The van der Waals surface area contributed by atoms with Crippen LogP contribution in [0.15, 0.2) is 24.3 Å². The molecule has 1 atom stereocenters. The molecular weight excluding hydrogens is 190 g/mol. The molecule has 0 aliphatic carbocycles. The molecule has 0 aromatic heterocycles. The number of carbonyl (C=O) groups is 1. The zero-order chi connectivity index (χ0) is 10.8. The highest BCUT2D eigenvalue weighted by molar-refractivity contribution is 5.79. The van der Waals surface area contributed by atoms with E-state index in [-0.39, 0.29) is 5.91 Å². The van der Waals surface area contributed by atoms with Gasteiger partial charge in [0.1, 0.15) is 5.75 Å². The summed E-state index contributed by atoms with van der Waals surface area (Å²) in [4.78, 5) is 13.2. The van der Waals surface area contributed by atoms with E-state index in [1.807, 2.05) is 31.3 Å². The second-order valence-corrected chi connectivity index (χ2v) is 3.95. The molecule has 2 rings (SSSR count). The summed E-state index contributed by atoms with van der Waals surface area (Å²) in [6.45, 7) is 0.825. The first kappa shape index (κ1) is 10.0. The largest absolute Gasteiger partial charge is 0.497 e. The van der Waals surface area contributed by atoms with Crippen LogP contribution in [0.4, 0.5) is 0 Å². The Morgan fingerprint density at radius 1 is 1.33 bits per heavy atom. The molecule has 1 aliphatic rings. The van der Waals surface area contributed by atoms with E-state index in [1.165, 1.54) is 5.56 Å². The fourth-order valence-electron chi connectivity index (χ4n) is 1.96. The third kappa shape index (κ3) is 1.96. The topological polar surface area (TPSA) is 29.5 Å². The van der Waals surface area contributed by atoms with Gasteiger partial charge in [-0.3, -0.25) is 4.79 Å². The van der Waals surface area contributed by atoms with Crippen molar-refractivity contribution in [3.8, 4) is 5.75 Å². The lowest BCUT2D eigenvalue weighted by Gasteiger charge is -2.10. The van der Waals surface area contributed by atoms with Crippen LogP contribution in [-0.4, -0.2) is 31.5 Å². The summed E-state index contributed by atoms with van der Waals surface area (Å²) in [5.41, 5.74) is 1.22. The van der Waals surface area contributed by atoms with Crippen molar-refractivity contribution in [1.82, 2.24) is 4.90 Å². The average molecular weight is 205 g/mol. The molecule has 3 nitrogen and oxygen atoms in total. The lowest BCUT2D eigenvalue weighted by molar-refractivity contribution is -0.126. The van der Waals surface area contributed by atoms with Gasteiger partial charge in [0.25, 0.3) is 0 Å². The Morgan fingerprint density at radius 2 is 2.00 bits per heavy atom. The molecule has 1 amide bonds. The fourth-order valence-corrected chi connectivity index (χ4v) is 1.96. The summed E-state index contributed by atoms with van der Waals surface area (Å²) in [6, 6.07) is 7.96. The molecule has 1 aromatic carbocycles. The number of nitrogens with zero attached hydrogens (tertiary/aromatic N) is 1. The first-order valence-corrected chi connectivity index (χ1v) is 5.08. The predicted molar refractivity (Wildman–Crippen MR) is 58.0 cm³/mol. The Labute approximate surface area is 89.7 Å². The summed E-state index contributed by atoms with van der Waals surface area (Å²) >= 11 is 0. The van der Waals surface area contributed by atoms with Gasteiger partial charge in [-0.05, 0) is 17.7 Å². The average Bonchev–Trinajstić information content (AvgIpc) is 2.59. The maximum absolute atomic E-state index is 11.4. The lowest BCUT2D eigenvalue weighted by atomic mass is 9.98. The van der Waals surface area contributed by atoms with Gasteiger partial charge >= 0.3 is 0 Å². The van der Waals surface area contributed by atoms with E-state index in [9.17, 15) is 4.79 Å². The third-order valence-electron chi connectivity index (χ3n) is 2.93. The molecule has 3 heteroatoms. The fraction of sp³-hybridized carbons (Fsp3) is 0.417. The Hall–Kier alpha value is -1.51. The Bertz CT molecular complexity index is 358. The number of benzene rings is 1. The van der Waals surface area contributed by atoms with E-state index >= 15 is 0 Å². The highest BCUT2D eigenvalue weighted by atomic mass is 16.5. The predicted octanol–water partition coefficient (Wildman–Crippen LogP) is 1.64. The van der Waals surface area contributed by atoms with E-state index in [2.05, 4.69) is 0 Å². The van der Waals surface area contributed by atoms with Gasteiger partial charge in [0.05, 0.1) is 7.11 Å². The van der Waals surface area contributed by atoms with Gasteiger partial charge in [0.2, 0.25) is 5.91 Å². The number of hydrogen-bond donors (Lipinski definition) is 0. The Kier molecular flexibility index (Phi) is 2.62. The molecule has 1 saturated heterocycles. The third-order valence-corrected chi connectivity index (χ3v) is 2.93. The summed E-state index contributed by atoms with van der Waals surface area (Å²) in [5.74, 6) is 1.43. The zero-order valence-corrected chi connectivity index (χ0v) is 9.06. The minimum Gasteiger partial charge on any atom is -0.497 e. The van der Waals surface area contributed by atoms with Crippen LogP contribution in [0.5, 0.6) is 5.75 Å². The maximum Gasteiger partial charge on any atom is 0.223 e. The van der Waals surface area contributed by atoms with E-state index in [0.717, 1.165) is 12.3 Å². The molecule has 0 saturated carbocycles. The van der Waals surface area contributed by atoms with Crippen LogP contribution in [0.25, 0.3) is 0 Å². The first-order chi connectivity index (χ1) is 7.20. The van der Waals surface area contributed by atoms with Crippen LogP contribution >= 0.6 is 0 Å². The van der Waals surface area contributed by atoms with Crippen LogP contribution in [0.2, 0.25) is 0 Å². The summed E-state index contributed by atoms with van der Waals surface area (Å²) in [6.07, 6.45) is 0.628. The van der Waals surface area contributed by atoms with Crippen molar-refractivity contribution in [1.29, 1.82) is 0 Å². The van der Waals surface area contributed by atoms with Gasteiger partial charge in [0.15, 0.2) is 0 Å². The number of amides is 1. The zero-order valence-electron chi connectivity index (χ0n) is 9.06. The number of likely N-dealkylation sites (tertiary alicyclic amines) is 1. The second-order valence-electron chi connectivity index (χ2n) is 3.95. The molecular formula is C12H15NO2. The number of hydrogen-bond acceptors (Lipinski definition) is 2. The Balaban J connectivity index is 2.13. The lowest BCUT2D eigenvalue weighted by Crippen LogP contribution is -2.18. The van der Waals surface area contributed by atoms with E-state index < -0.39 is 0 Å². The van der Waals surface area contributed by atoms with Crippen LogP contribution < -0.4 is 4.74 Å². The monoisotopic (exact) mass is 205 g/mol. The number of likely N-dealkylation sites (N-methyl/N-ethyl adjacent to an activating group) is 1. The van der Waals surface area contributed by atoms with E-state index in [4.69, 9.17) is 4.74 Å². The molecule has 80 valence electrons. The molecule has 1 unspecified atom stereocenters. The van der Waals surface area contributed by atoms with Crippen molar-refractivity contribution < 1.29 is 9.53 Å². The van der Waals surface area contributed by atoms with Gasteiger partial charge in [-0.25, -0.2) is 0 Å². The van der Waals surface area contributed by atoms with Crippen molar-refractivity contribution in [2.45, 2.75) is 12.3 Å². The number of rotatable bonds is 2. The highest BCUT2D eigenvalue weighted by Gasteiger charge is 2.27. The molecule has 1 aliphatic heterocycles. The molecule has 1 heterocycles. The summed E-state index contributed by atoms with van der Waals surface area (Å²) < 4.78 is 5.10. The summed E-state index contributed by atoms with van der Waals surface area (Å²) in [5, 5.41) is 0. The first-order valence-electron chi connectivity index (χ1n) is 5.08. The smallest absolute Gasteiger partial charge is 0.223 e. The standard InChI is InChI=1S/C12H15NO2/c1-13-8-10(7-12(13)14)9-3-5-11(15-2)6-4-9/h3-6,10H,7-8H2,1-2H3. The second kappa shape index (κ2) is 3.93. The van der Waals surface area contributed by atoms with Crippen LogP contribution in [-0.2, 0) is 4.79 Å². The number of carbonyl (C=O) groups excluding carboxylic acids is 1. The Morgan fingerprint density at radius 3 is 2.47 bits per heavy atom. The van der Waals surface area contributed by atoms with Gasteiger partial charge in [-0.2, -0.15) is 0 Å². The molecule has 1 fully saturated rings. The van der Waals surface area contributed by atoms with Crippen molar-refractivity contribution in [3.63, 3.8) is 0 Å². The number of ether oxygens (including phenoxy) is 1. The minimum absolute atomic E-state index is 0.232. The normalized spacial score (nSPS) is 20.8. The van der Waals surface area contributed by atoms with Crippen LogP contribution in [0.1, 0.15) is 17.9 Å². The number of methoxy groups -OCH3 is 1. The van der Waals surface area contributed by atoms with Gasteiger partial charge in [-0.15, -0.1) is 0 Å².